The molecule has 0 aliphatic rings. The largest absolute Gasteiger partial charge is 0.508 e. The number of ether oxygens (including phenoxy) is 1. The maximum Gasteiger partial charge on any atom is 0.188 e. The van der Waals surface area contributed by atoms with E-state index in [1.807, 2.05) is 24.4 Å². The van der Waals surface area contributed by atoms with Gasteiger partial charge in [-0.2, -0.15) is 12.1 Å². The van der Waals surface area contributed by atoms with Crippen LogP contribution in [0.25, 0.3) is 44.3 Å². The van der Waals surface area contributed by atoms with E-state index in [4.69, 9.17) is 9.72 Å². The van der Waals surface area contributed by atoms with Crippen LogP contribution in [0.3, 0.4) is 0 Å². The Morgan fingerprint density at radius 2 is 1.38 bits per heavy atom. The van der Waals surface area contributed by atoms with E-state index in [2.05, 4.69) is 161 Å². The molecule has 0 radical (unpaired) electrons. The van der Waals surface area contributed by atoms with E-state index in [0.717, 1.165) is 33.4 Å². The Morgan fingerprint density at radius 1 is 0.688 bits per heavy atom. The fraction of sp³-hybridized carbons (Fsp3) is 0.286. The number of nitrogens with zero attached hydrogens (tertiary/aromatic N) is 4. The fourth-order valence-corrected chi connectivity index (χ4v) is 6.49. The number of hydrogen-bond donors (Lipinski definition) is 0. The maximum atomic E-state index is 6.53. The third-order valence-electron chi connectivity index (χ3n) is 8.91. The number of imidazole rings is 1. The number of aromatic nitrogens is 4. The van der Waals surface area contributed by atoms with Crippen LogP contribution >= 0.6 is 0 Å². The summed E-state index contributed by atoms with van der Waals surface area (Å²) in [5.74, 6) is 2.13. The van der Waals surface area contributed by atoms with E-state index >= 15 is 0 Å². The summed E-state index contributed by atoms with van der Waals surface area (Å²) < 4.78 is 13.3. The van der Waals surface area contributed by atoms with Gasteiger partial charge in [0.25, 0.3) is 0 Å². The molecule has 0 saturated heterocycles. The number of para-hydroxylation sites is 2. The van der Waals surface area contributed by atoms with Crippen LogP contribution in [0.4, 0.5) is 0 Å². The van der Waals surface area contributed by atoms with E-state index in [0.29, 0.717) is 11.5 Å². The van der Waals surface area contributed by atoms with Crippen molar-refractivity contribution in [1.82, 2.24) is 18.7 Å². The number of benzene rings is 4. The standard InChI is InChI=1S/C42H43N4O.Pt/c1-40(2,3)28-22-23-43-38(24-28)46-36-19-13-16-33(41(4,5)6)39(36)32-21-20-31(26-37(32)46)47-30-15-12-14-29(25-30)44-27-45(42(7,8)9)35-18-11-10-17-34(35)44;/h10-24,27H,1-9H3;/q-1;. The Balaban J connectivity index is 0.00000401. The van der Waals surface area contributed by atoms with Crippen LogP contribution in [0.15, 0.2) is 97.5 Å². The molecule has 48 heavy (non-hydrogen) atoms. The zero-order valence-corrected chi connectivity index (χ0v) is 31.5. The van der Waals surface area contributed by atoms with Gasteiger partial charge in [-0.1, -0.05) is 65.3 Å². The molecular formula is C42H43N4OPt-. The van der Waals surface area contributed by atoms with Crippen LogP contribution in [0.2, 0.25) is 0 Å². The Labute approximate surface area is 298 Å². The average molecular weight is 815 g/mol. The molecule has 0 saturated carbocycles. The first-order valence-corrected chi connectivity index (χ1v) is 16.4. The predicted octanol–water partition coefficient (Wildman–Crippen LogP) is 10.9. The summed E-state index contributed by atoms with van der Waals surface area (Å²) in [6.07, 6.45) is 4.07. The van der Waals surface area contributed by atoms with Crippen molar-refractivity contribution in [3.63, 3.8) is 0 Å². The van der Waals surface area contributed by atoms with Crippen LogP contribution < -0.4 is 4.74 Å². The maximum absolute atomic E-state index is 6.53. The van der Waals surface area contributed by atoms with Gasteiger partial charge < -0.3 is 9.30 Å². The smallest absolute Gasteiger partial charge is 0.188 e. The second-order valence-corrected chi connectivity index (χ2v) is 15.5. The van der Waals surface area contributed by atoms with Crippen LogP contribution in [-0.4, -0.2) is 18.7 Å². The fourth-order valence-electron chi connectivity index (χ4n) is 6.49. The van der Waals surface area contributed by atoms with Gasteiger partial charge in [-0.25, -0.2) is 14.1 Å². The molecule has 0 aliphatic carbocycles. The third kappa shape index (κ3) is 5.98. The molecule has 3 aromatic heterocycles. The molecule has 0 atom stereocenters. The van der Waals surface area contributed by atoms with E-state index < -0.39 is 0 Å². The SMILES string of the molecule is CC(C)(C)c1ccnc(-n2c3[c-]c(Oc4[c-]c(-n5[cH+]n(C(C)(C)C)c6ccccc65)ccc4)ccc3c3c(C(C)(C)C)cccc32)c1.[Pt]. The Kier molecular flexibility index (Phi) is 8.45. The van der Waals surface area contributed by atoms with Crippen LogP contribution in [0.1, 0.15) is 73.4 Å². The molecular weight excluding hydrogens is 772 g/mol. The molecule has 0 bridgehead atoms. The Morgan fingerprint density at radius 3 is 2.08 bits per heavy atom. The van der Waals surface area contributed by atoms with Gasteiger partial charge in [0.15, 0.2) is 17.4 Å². The number of fused-ring (bicyclic) bond motifs is 4. The van der Waals surface area contributed by atoms with Crippen LogP contribution in [0.5, 0.6) is 11.5 Å². The van der Waals surface area contributed by atoms with Crippen LogP contribution in [0, 0.1) is 12.1 Å². The van der Waals surface area contributed by atoms with Crippen molar-refractivity contribution in [2.24, 2.45) is 0 Å². The van der Waals surface area contributed by atoms with Crippen molar-refractivity contribution < 1.29 is 25.8 Å². The van der Waals surface area contributed by atoms with Crippen molar-refractivity contribution in [2.45, 2.75) is 78.7 Å². The normalized spacial score (nSPS) is 12.5. The first kappa shape index (κ1) is 33.7. The molecule has 7 aromatic rings. The molecule has 0 N–H and O–H groups in total. The Bertz CT molecular complexity index is 2290. The number of hydrogen-bond acceptors (Lipinski definition) is 2. The molecule has 3 heterocycles. The van der Waals surface area contributed by atoms with E-state index in [9.17, 15) is 0 Å². The minimum absolute atomic E-state index is 0. The van der Waals surface area contributed by atoms with Gasteiger partial charge in [-0.3, -0.25) is 0 Å². The summed E-state index contributed by atoms with van der Waals surface area (Å²) >= 11 is 0. The molecule has 5 nitrogen and oxygen atoms in total. The second kappa shape index (κ2) is 12.0. The third-order valence-corrected chi connectivity index (χ3v) is 8.91. The molecule has 248 valence electrons. The molecule has 0 spiro atoms. The molecule has 0 aliphatic heterocycles. The van der Waals surface area contributed by atoms with Gasteiger partial charge in [0.05, 0.1) is 5.54 Å². The molecule has 0 fully saturated rings. The van der Waals surface area contributed by atoms with E-state index in [-0.39, 0.29) is 37.4 Å². The van der Waals surface area contributed by atoms with Gasteiger partial charge in [-0.15, -0.1) is 29.7 Å². The monoisotopic (exact) mass is 814 g/mol. The summed E-state index contributed by atoms with van der Waals surface area (Å²) in [7, 11) is 0. The van der Waals surface area contributed by atoms with Gasteiger partial charge in [-0.05, 0) is 78.4 Å². The summed E-state index contributed by atoms with van der Waals surface area (Å²) in [4.78, 5) is 4.88. The predicted molar refractivity (Wildman–Crippen MR) is 194 cm³/mol. The zero-order valence-electron chi connectivity index (χ0n) is 29.3. The van der Waals surface area contributed by atoms with E-state index in [1.165, 1.54) is 22.0 Å². The quantitative estimate of drug-likeness (QED) is 0.166. The molecule has 0 unspecified atom stereocenters. The molecule has 0 amide bonds. The van der Waals surface area contributed by atoms with Crippen molar-refractivity contribution in [3.8, 4) is 23.0 Å². The van der Waals surface area contributed by atoms with Crippen LogP contribution in [-0.2, 0) is 37.4 Å². The summed E-state index contributed by atoms with van der Waals surface area (Å²) in [6, 6.07) is 36.8. The van der Waals surface area contributed by atoms with Crippen molar-refractivity contribution in [3.05, 3.63) is 121 Å². The minimum atomic E-state index is -0.0735. The molecule has 7 rings (SSSR count). The first-order chi connectivity index (χ1) is 22.2. The van der Waals surface area contributed by atoms with Crippen molar-refractivity contribution >= 4 is 32.8 Å². The number of rotatable bonds is 4. The van der Waals surface area contributed by atoms with Gasteiger partial charge in [0, 0.05) is 62.1 Å². The Hall–Kier alpha value is -4.21. The second-order valence-electron chi connectivity index (χ2n) is 15.5. The number of pyridine rings is 1. The minimum Gasteiger partial charge on any atom is -0.508 e. The van der Waals surface area contributed by atoms with Crippen molar-refractivity contribution in [1.29, 1.82) is 0 Å². The zero-order chi connectivity index (χ0) is 33.3. The molecule has 4 aromatic carbocycles. The van der Waals surface area contributed by atoms with Crippen molar-refractivity contribution in [2.75, 3.05) is 0 Å². The van der Waals surface area contributed by atoms with E-state index in [1.54, 1.807) is 0 Å². The van der Waals surface area contributed by atoms with Gasteiger partial charge >= 0.3 is 0 Å². The van der Waals surface area contributed by atoms with Gasteiger partial charge in [0.1, 0.15) is 5.82 Å². The average Bonchev–Trinajstić information content (AvgIpc) is 3.57. The first-order valence-electron chi connectivity index (χ1n) is 16.4. The summed E-state index contributed by atoms with van der Waals surface area (Å²) in [5.41, 5.74) is 7.64. The topological polar surface area (TPSA) is 36.9 Å². The summed E-state index contributed by atoms with van der Waals surface area (Å²) in [5, 5.41) is 2.35. The summed E-state index contributed by atoms with van der Waals surface area (Å²) in [6.45, 7) is 20.2. The molecule has 6 heteroatoms. The van der Waals surface area contributed by atoms with Gasteiger partial charge in [0.2, 0.25) is 0 Å².